The third kappa shape index (κ3) is 1.37. The van der Waals surface area contributed by atoms with Crippen LogP contribution in [0, 0.1) is 0 Å². The van der Waals surface area contributed by atoms with Crippen LogP contribution in [0.3, 0.4) is 0 Å². The molecule has 0 heterocycles. The molecule has 0 aromatic heterocycles. The number of rotatable bonds is 1. The average molecular weight is 166 g/mol. The molecule has 0 radical (unpaired) electrons. The van der Waals surface area contributed by atoms with Crippen LogP contribution in [0.5, 0.6) is 0 Å². The number of carbonyl (C=O) groups excluding carboxylic acids is 2. The molecule has 1 aliphatic carbocycles. The van der Waals surface area contributed by atoms with Crippen LogP contribution in [0.1, 0.15) is 6.42 Å². The molecule has 0 saturated carbocycles. The van der Waals surface area contributed by atoms with Crippen LogP contribution in [0.2, 0.25) is 0 Å². The fraction of sp³-hybridized carbons (Fsp3) is 0.143. The normalized spacial score (nSPS) is 17.8. The van der Waals surface area contributed by atoms with E-state index in [-0.39, 0.29) is 17.5 Å². The molecule has 0 fully saturated rings. The van der Waals surface area contributed by atoms with Gasteiger partial charge in [0.15, 0.2) is 0 Å². The lowest BCUT2D eigenvalue weighted by molar-refractivity contribution is -0.132. The van der Waals surface area contributed by atoms with Crippen LogP contribution in [-0.2, 0) is 9.59 Å². The van der Waals surface area contributed by atoms with E-state index >= 15 is 0 Å². The molecule has 0 atom stereocenters. The topological polar surface area (TPSA) is 74.6 Å². The highest BCUT2D eigenvalue weighted by Gasteiger charge is 2.31. The molecule has 4 nitrogen and oxygen atoms in total. The van der Waals surface area contributed by atoms with Gasteiger partial charge in [0.2, 0.25) is 11.6 Å². The summed E-state index contributed by atoms with van der Waals surface area (Å²) >= 11 is 0. The molecule has 0 amide bonds. The molecule has 0 aliphatic heterocycles. The first-order chi connectivity index (χ1) is 5.54. The molecule has 1 aliphatic rings. The predicted molar refractivity (Wildman–Crippen MR) is 42.0 cm³/mol. The third-order valence-electron chi connectivity index (χ3n) is 1.64. The molecule has 1 rings (SSSR count). The van der Waals surface area contributed by atoms with Gasteiger partial charge >= 0.3 is 7.12 Å². The number of hydrogen-bond donors (Lipinski definition) is 2. The maximum Gasteiger partial charge on any atom is 0.492 e. The largest absolute Gasteiger partial charge is 0.492 e. The van der Waals surface area contributed by atoms with E-state index in [9.17, 15) is 9.59 Å². The Hall–Kier alpha value is -1.20. The zero-order valence-corrected chi connectivity index (χ0v) is 6.28. The van der Waals surface area contributed by atoms with Crippen molar-refractivity contribution in [3.05, 3.63) is 23.7 Å². The van der Waals surface area contributed by atoms with Gasteiger partial charge in [-0.1, -0.05) is 12.7 Å². The van der Waals surface area contributed by atoms with Gasteiger partial charge in [0.1, 0.15) is 0 Å². The summed E-state index contributed by atoms with van der Waals surface area (Å²) in [4.78, 5) is 21.9. The first-order valence-corrected chi connectivity index (χ1v) is 3.37. The summed E-state index contributed by atoms with van der Waals surface area (Å²) in [6.45, 7) is 3.36. The van der Waals surface area contributed by atoms with Gasteiger partial charge in [-0.05, 0) is 6.42 Å². The number of allylic oxidation sites excluding steroid dienone is 3. The molecule has 0 aromatic carbocycles. The second-order valence-electron chi connectivity index (χ2n) is 2.50. The van der Waals surface area contributed by atoms with Crippen LogP contribution in [0.25, 0.3) is 0 Å². The average Bonchev–Trinajstić information content (AvgIpc) is 2.00. The Labute approximate surface area is 69.3 Å². The minimum atomic E-state index is -1.87. The summed E-state index contributed by atoms with van der Waals surface area (Å²) < 4.78 is 0. The van der Waals surface area contributed by atoms with Crippen molar-refractivity contribution >= 4 is 18.7 Å². The zero-order valence-electron chi connectivity index (χ0n) is 6.28. The Kier molecular flexibility index (Phi) is 2.26. The van der Waals surface area contributed by atoms with Crippen LogP contribution in [0.15, 0.2) is 23.7 Å². The summed E-state index contributed by atoms with van der Waals surface area (Å²) in [7, 11) is -1.87. The summed E-state index contributed by atoms with van der Waals surface area (Å²) in [5, 5.41) is 17.3. The maximum atomic E-state index is 11.0. The second kappa shape index (κ2) is 3.04. The van der Waals surface area contributed by atoms with Gasteiger partial charge in [-0.25, -0.2) is 0 Å². The minimum Gasteiger partial charge on any atom is -0.423 e. The molecule has 62 valence electrons. The van der Waals surface area contributed by atoms with Crippen molar-refractivity contribution in [3.8, 4) is 0 Å². The first kappa shape index (κ1) is 8.90. The van der Waals surface area contributed by atoms with Crippen molar-refractivity contribution in [2.75, 3.05) is 0 Å². The van der Waals surface area contributed by atoms with E-state index in [1.54, 1.807) is 0 Å². The van der Waals surface area contributed by atoms with E-state index in [0.717, 1.165) is 0 Å². The molecule has 0 saturated heterocycles. The third-order valence-corrected chi connectivity index (χ3v) is 1.64. The van der Waals surface area contributed by atoms with Crippen LogP contribution < -0.4 is 0 Å². The van der Waals surface area contributed by atoms with Gasteiger partial charge in [0, 0.05) is 11.0 Å². The van der Waals surface area contributed by atoms with Crippen LogP contribution >= 0.6 is 0 Å². The molecule has 0 bridgehead atoms. The van der Waals surface area contributed by atoms with E-state index in [1.807, 2.05) is 0 Å². The van der Waals surface area contributed by atoms with Crippen LogP contribution in [-0.4, -0.2) is 28.7 Å². The van der Waals surface area contributed by atoms with Crippen molar-refractivity contribution in [1.29, 1.82) is 0 Å². The Morgan fingerprint density at radius 1 is 1.33 bits per heavy atom. The molecule has 2 N–H and O–H groups in total. The van der Waals surface area contributed by atoms with E-state index in [2.05, 4.69) is 6.58 Å². The quantitative estimate of drug-likeness (QED) is 0.298. The van der Waals surface area contributed by atoms with Crippen LogP contribution in [0.4, 0.5) is 0 Å². The molecule has 5 heteroatoms. The predicted octanol–water partition coefficient (Wildman–Crippen LogP) is -0.977. The van der Waals surface area contributed by atoms with Gasteiger partial charge in [-0.3, -0.25) is 9.59 Å². The van der Waals surface area contributed by atoms with Crippen molar-refractivity contribution < 1.29 is 19.6 Å². The molecule has 12 heavy (non-hydrogen) atoms. The maximum absolute atomic E-state index is 11.0. The molecule has 0 spiro atoms. The highest BCUT2D eigenvalue weighted by Crippen LogP contribution is 2.15. The van der Waals surface area contributed by atoms with Gasteiger partial charge < -0.3 is 10.0 Å². The molecular formula is C7H7BO4. The SMILES string of the molecule is C=C1CC=C(B(O)O)C(=O)C1=O. The molecule has 0 aromatic rings. The Morgan fingerprint density at radius 3 is 2.42 bits per heavy atom. The Balaban J connectivity index is 3.00. The van der Waals surface area contributed by atoms with Crippen molar-refractivity contribution in [3.63, 3.8) is 0 Å². The van der Waals surface area contributed by atoms with Crippen molar-refractivity contribution in [2.24, 2.45) is 0 Å². The fourth-order valence-corrected chi connectivity index (χ4v) is 0.933. The highest BCUT2D eigenvalue weighted by atomic mass is 16.4. The standard InChI is InChI=1S/C7H7BO4/c1-4-2-3-5(8(11)12)7(10)6(4)9/h3,11-12H,1-2H2. The molecular weight excluding hydrogens is 159 g/mol. The van der Waals surface area contributed by atoms with E-state index in [1.165, 1.54) is 6.08 Å². The molecule has 0 unspecified atom stereocenters. The lowest BCUT2D eigenvalue weighted by Crippen LogP contribution is -2.31. The number of carbonyl (C=O) groups is 2. The lowest BCUT2D eigenvalue weighted by Gasteiger charge is -2.10. The number of Topliss-reactive ketones (excluding diaryl/α,β-unsaturated/α-hetero) is 2. The highest BCUT2D eigenvalue weighted by molar-refractivity contribution is 6.69. The number of ketones is 2. The van der Waals surface area contributed by atoms with E-state index < -0.39 is 18.7 Å². The Bertz CT molecular complexity index is 290. The first-order valence-electron chi connectivity index (χ1n) is 3.37. The van der Waals surface area contributed by atoms with E-state index in [4.69, 9.17) is 10.0 Å². The fourth-order valence-electron chi connectivity index (χ4n) is 0.933. The van der Waals surface area contributed by atoms with Gasteiger partial charge in [0.25, 0.3) is 0 Å². The Morgan fingerprint density at radius 2 is 1.92 bits per heavy atom. The van der Waals surface area contributed by atoms with Gasteiger partial charge in [-0.2, -0.15) is 0 Å². The second-order valence-corrected chi connectivity index (χ2v) is 2.50. The smallest absolute Gasteiger partial charge is 0.423 e. The van der Waals surface area contributed by atoms with Crippen molar-refractivity contribution in [2.45, 2.75) is 6.42 Å². The van der Waals surface area contributed by atoms with E-state index in [0.29, 0.717) is 0 Å². The lowest BCUT2D eigenvalue weighted by atomic mass is 9.71. The summed E-state index contributed by atoms with van der Waals surface area (Å²) in [5.74, 6) is -1.61. The minimum absolute atomic E-state index is 0.185. The van der Waals surface area contributed by atoms with Gasteiger partial charge in [-0.15, -0.1) is 0 Å². The number of hydrogen-bond acceptors (Lipinski definition) is 4. The summed E-state index contributed by atoms with van der Waals surface area (Å²) in [6.07, 6.45) is 1.51. The summed E-state index contributed by atoms with van der Waals surface area (Å²) in [5.41, 5.74) is -0.0724. The van der Waals surface area contributed by atoms with Crippen molar-refractivity contribution in [1.82, 2.24) is 0 Å². The monoisotopic (exact) mass is 166 g/mol. The van der Waals surface area contributed by atoms with Gasteiger partial charge in [0.05, 0.1) is 0 Å². The zero-order chi connectivity index (χ0) is 9.30. The summed E-state index contributed by atoms with van der Waals surface area (Å²) in [6, 6.07) is 0.